The van der Waals surface area contributed by atoms with Crippen molar-refractivity contribution in [3.05, 3.63) is 35.6 Å². The maximum absolute atomic E-state index is 12.7. The van der Waals surface area contributed by atoms with Crippen LogP contribution >= 0.6 is 11.8 Å². The van der Waals surface area contributed by atoms with Crippen LogP contribution in [-0.4, -0.2) is 22.2 Å². The van der Waals surface area contributed by atoms with E-state index >= 15 is 0 Å². The first-order valence-corrected chi connectivity index (χ1v) is 6.70. The van der Waals surface area contributed by atoms with E-state index < -0.39 is 0 Å². The van der Waals surface area contributed by atoms with Gasteiger partial charge in [0, 0.05) is 11.0 Å². The van der Waals surface area contributed by atoms with Gasteiger partial charge in [0.1, 0.15) is 5.82 Å². The fraction of sp³-hybridized carbons (Fsp3) is 0.538. The summed E-state index contributed by atoms with van der Waals surface area (Å²) in [5, 5.41) is 10.4. The smallest absolute Gasteiger partial charge is 0.123 e. The van der Waals surface area contributed by atoms with E-state index in [9.17, 15) is 9.50 Å². The fourth-order valence-corrected chi connectivity index (χ4v) is 2.25. The average Bonchev–Trinajstić information content (AvgIpc) is 2.29. The molecule has 1 aromatic rings. The minimum atomic E-state index is -0.343. The number of halogens is 1. The van der Waals surface area contributed by atoms with Gasteiger partial charge in [0.05, 0.1) is 6.10 Å². The lowest BCUT2D eigenvalue weighted by Crippen LogP contribution is -2.15. The second-order valence-corrected chi connectivity index (χ2v) is 5.51. The van der Waals surface area contributed by atoms with Gasteiger partial charge in [-0.25, -0.2) is 4.39 Å². The summed E-state index contributed by atoms with van der Waals surface area (Å²) in [4.78, 5) is 0. The van der Waals surface area contributed by atoms with Crippen molar-refractivity contribution < 1.29 is 9.50 Å². The Hall–Kier alpha value is -0.540. The molecule has 0 fully saturated rings. The van der Waals surface area contributed by atoms with Crippen LogP contribution in [0.15, 0.2) is 24.3 Å². The van der Waals surface area contributed by atoms with Gasteiger partial charge in [0.15, 0.2) is 0 Å². The molecular weight excluding hydrogens is 223 g/mol. The molecular formula is C13H19FOS. The Labute approximate surface area is 101 Å². The van der Waals surface area contributed by atoms with Gasteiger partial charge in [-0.1, -0.05) is 26.0 Å². The lowest BCUT2D eigenvalue weighted by molar-refractivity contribution is 0.200. The highest BCUT2D eigenvalue weighted by molar-refractivity contribution is 7.99. The van der Waals surface area contributed by atoms with Crippen molar-refractivity contribution in [2.45, 2.75) is 38.0 Å². The van der Waals surface area contributed by atoms with Gasteiger partial charge in [-0.3, -0.25) is 0 Å². The molecule has 0 heterocycles. The Bertz CT molecular complexity index is 299. The summed E-state index contributed by atoms with van der Waals surface area (Å²) in [5.41, 5.74) is 0.985. The summed E-state index contributed by atoms with van der Waals surface area (Å²) in [6, 6.07) is 6.33. The van der Waals surface area contributed by atoms with E-state index in [0.717, 1.165) is 17.7 Å². The highest BCUT2D eigenvalue weighted by Gasteiger charge is 2.08. The zero-order chi connectivity index (χ0) is 12.0. The molecule has 16 heavy (non-hydrogen) atoms. The summed E-state index contributed by atoms with van der Waals surface area (Å²) in [6.45, 7) is 4.30. The average molecular weight is 242 g/mol. The number of thioether (sulfide) groups is 1. The maximum Gasteiger partial charge on any atom is 0.123 e. The first-order valence-electron chi connectivity index (χ1n) is 5.66. The Kier molecular flexibility index (Phi) is 5.85. The van der Waals surface area contributed by atoms with Crippen molar-refractivity contribution in [3.8, 4) is 0 Å². The molecule has 2 atom stereocenters. The number of hydrogen-bond acceptors (Lipinski definition) is 2. The Balaban J connectivity index is 2.33. The molecule has 90 valence electrons. The van der Waals surface area contributed by atoms with Gasteiger partial charge < -0.3 is 5.11 Å². The quantitative estimate of drug-likeness (QED) is 0.826. The number of hydrogen-bond donors (Lipinski definition) is 1. The zero-order valence-corrected chi connectivity index (χ0v) is 10.6. The second-order valence-electron chi connectivity index (χ2n) is 4.04. The van der Waals surface area contributed by atoms with Crippen LogP contribution in [0.3, 0.4) is 0 Å². The van der Waals surface area contributed by atoms with Crippen molar-refractivity contribution in [2.75, 3.05) is 5.75 Å². The fourth-order valence-electron chi connectivity index (χ4n) is 1.34. The molecule has 1 rings (SSSR count). The summed E-state index contributed by atoms with van der Waals surface area (Å²) in [6.07, 6.45) is 1.38. The second kappa shape index (κ2) is 6.92. The molecule has 3 heteroatoms. The number of aliphatic hydroxyl groups is 1. The van der Waals surface area contributed by atoms with E-state index in [2.05, 4.69) is 13.8 Å². The zero-order valence-electron chi connectivity index (χ0n) is 9.82. The SMILES string of the molecule is CCC(C)SCC(O)Cc1ccc(F)cc1. The Morgan fingerprint density at radius 2 is 1.94 bits per heavy atom. The molecule has 1 N–H and O–H groups in total. The Morgan fingerprint density at radius 1 is 1.31 bits per heavy atom. The number of benzene rings is 1. The minimum absolute atomic E-state index is 0.229. The molecule has 0 aliphatic rings. The molecule has 2 unspecified atom stereocenters. The van der Waals surface area contributed by atoms with Crippen molar-refractivity contribution in [3.63, 3.8) is 0 Å². The topological polar surface area (TPSA) is 20.2 Å². The number of rotatable bonds is 6. The first-order chi connectivity index (χ1) is 7.61. The van der Waals surface area contributed by atoms with Gasteiger partial charge in [-0.05, 0) is 30.5 Å². The molecule has 0 radical (unpaired) electrons. The third-order valence-corrected chi connectivity index (χ3v) is 4.01. The largest absolute Gasteiger partial charge is 0.392 e. The summed E-state index contributed by atoms with van der Waals surface area (Å²) < 4.78 is 12.7. The predicted molar refractivity (Wildman–Crippen MR) is 68.3 cm³/mol. The monoisotopic (exact) mass is 242 g/mol. The van der Waals surface area contributed by atoms with Crippen LogP contribution in [0.4, 0.5) is 4.39 Å². The van der Waals surface area contributed by atoms with Gasteiger partial charge in [-0.2, -0.15) is 11.8 Å². The number of aliphatic hydroxyl groups excluding tert-OH is 1. The van der Waals surface area contributed by atoms with Crippen molar-refractivity contribution in [1.82, 2.24) is 0 Å². The molecule has 0 aliphatic heterocycles. The molecule has 0 bridgehead atoms. The third-order valence-electron chi connectivity index (χ3n) is 2.53. The van der Waals surface area contributed by atoms with Crippen LogP contribution in [0.1, 0.15) is 25.8 Å². The minimum Gasteiger partial charge on any atom is -0.392 e. The van der Waals surface area contributed by atoms with Crippen LogP contribution in [0.25, 0.3) is 0 Å². The van der Waals surface area contributed by atoms with E-state index in [-0.39, 0.29) is 11.9 Å². The predicted octanol–water partition coefficient (Wildman–Crippen LogP) is 3.26. The summed E-state index contributed by atoms with van der Waals surface area (Å²) in [5.74, 6) is 0.513. The van der Waals surface area contributed by atoms with Gasteiger partial charge in [0.2, 0.25) is 0 Å². The van der Waals surface area contributed by atoms with Crippen LogP contribution in [-0.2, 0) is 6.42 Å². The Morgan fingerprint density at radius 3 is 2.50 bits per heavy atom. The molecule has 1 aromatic carbocycles. The third kappa shape index (κ3) is 4.99. The lowest BCUT2D eigenvalue weighted by atomic mass is 10.1. The molecule has 0 aliphatic carbocycles. The van der Waals surface area contributed by atoms with Gasteiger partial charge in [0.25, 0.3) is 0 Å². The lowest BCUT2D eigenvalue weighted by Gasteiger charge is -2.13. The van der Waals surface area contributed by atoms with Crippen LogP contribution in [0, 0.1) is 5.82 Å². The van der Waals surface area contributed by atoms with E-state index in [0.29, 0.717) is 11.7 Å². The molecule has 0 amide bonds. The van der Waals surface area contributed by atoms with Gasteiger partial charge in [-0.15, -0.1) is 0 Å². The molecule has 0 aromatic heterocycles. The van der Waals surface area contributed by atoms with Crippen molar-refractivity contribution in [2.24, 2.45) is 0 Å². The first kappa shape index (κ1) is 13.5. The van der Waals surface area contributed by atoms with Crippen molar-refractivity contribution in [1.29, 1.82) is 0 Å². The van der Waals surface area contributed by atoms with E-state index in [1.165, 1.54) is 12.1 Å². The van der Waals surface area contributed by atoms with E-state index in [4.69, 9.17) is 0 Å². The highest BCUT2D eigenvalue weighted by Crippen LogP contribution is 2.16. The van der Waals surface area contributed by atoms with E-state index in [1.54, 1.807) is 23.9 Å². The molecule has 1 nitrogen and oxygen atoms in total. The standard InChI is InChI=1S/C13H19FOS/c1-3-10(2)16-9-13(15)8-11-4-6-12(14)7-5-11/h4-7,10,13,15H,3,8-9H2,1-2H3. The van der Waals surface area contributed by atoms with Crippen LogP contribution < -0.4 is 0 Å². The summed E-state index contributed by atoms with van der Waals surface area (Å²) in [7, 11) is 0. The highest BCUT2D eigenvalue weighted by atomic mass is 32.2. The maximum atomic E-state index is 12.7. The van der Waals surface area contributed by atoms with Crippen molar-refractivity contribution >= 4 is 11.8 Å². The molecule has 0 spiro atoms. The van der Waals surface area contributed by atoms with Gasteiger partial charge >= 0.3 is 0 Å². The van der Waals surface area contributed by atoms with Crippen LogP contribution in [0.5, 0.6) is 0 Å². The molecule has 0 saturated heterocycles. The van der Waals surface area contributed by atoms with E-state index in [1.807, 2.05) is 0 Å². The van der Waals surface area contributed by atoms with Crippen LogP contribution in [0.2, 0.25) is 0 Å². The summed E-state index contributed by atoms with van der Waals surface area (Å²) >= 11 is 1.78. The normalized spacial score (nSPS) is 14.8. The molecule has 0 saturated carbocycles.